The fraction of sp³-hybridized carbons (Fsp3) is 0.375. The van der Waals surface area contributed by atoms with Crippen molar-refractivity contribution in [1.82, 2.24) is 4.90 Å². The van der Waals surface area contributed by atoms with Crippen LogP contribution in [-0.2, 0) is 14.6 Å². The van der Waals surface area contributed by atoms with Gasteiger partial charge in [-0.3, -0.25) is 9.69 Å². The van der Waals surface area contributed by atoms with Crippen LogP contribution in [0.1, 0.15) is 35.7 Å². The van der Waals surface area contributed by atoms with Crippen LogP contribution in [-0.4, -0.2) is 50.9 Å². The Kier molecular flexibility index (Phi) is 6.91. The highest BCUT2D eigenvalue weighted by molar-refractivity contribution is 7.91. The lowest BCUT2D eigenvalue weighted by Crippen LogP contribution is -2.57. The quantitative estimate of drug-likeness (QED) is 0.469. The Balaban J connectivity index is 1.92. The number of carbonyl (C=O) groups excluding carboxylic acids is 1. The number of nitrogens with zero attached hydrogens (tertiary/aromatic N) is 1. The maximum Gasteiger partial charge on any atom is 0.206 e. The van der Waals surface area contributed by atoms with Crippen LogP contribution in [0.3, 0.4) is 0 Å². The molecular formula is C24H29NO4S. The normalized spacial score (nSPS) is 17.3. The SMILES string of the molecule is C=CCC(CC)(C(=O)c1ccc(S(=O)(=O)c2ccc(C)cc2)cc1)N1CCOCC1. The number of sulfone groups is 1. The van der Waals surface area contributed by atoms with E-state index >= 15 is 0 Å². The molecule has 1 saturated heterocycles. The molecule has 0 N–H and O–H groups in total. The van der Waals surface area contributed by atoms with Gasteiger partial charge in [-0.25, -0.2) is 8.42 Å². The third-order valence-corrected chi connectivity index (χ3v) is 7.65. The second-order valence-corrected chi connectivity index (χ2v) is 9.60. The van der Waals surface area contributed by atoms with Gasteiger partial charge in [-0.1, -0.05) is 42.8 Å². The molecule has 0 amide bonds. The van der Waals surface area contributed by atoms with Gasteiger partial charge in [-0.05, 0) is 44.0 Å². The Morgan fingerprint density at radius 1 is 1.07 bits per heavy atom. The van der Waals surface area contributed by atoms with Gasteiger partial charge in [0.05, 0.1) is 28.5 Å². The zero-order chi connectivity index (χ0) is 21.8. The van der Waals surface area contributed by atoms with E-state index in [1.165, 1.54) is 12.1 Å². The van der Waals surface area contributed by atoms with E-state index in [2.05, 4.69) is 11.5 Å². The fourth-order valence-corrected chi connectivity index (χ4v) is 5.29. The number of carbonyl (C=O) groups is 1. The predicted octanol–water partition coefficient (Wildman–Crippen LogP) is 4.07. The second kappa shape index (κ2) is 9.25. The zero-order valence-electron chi connectivity index (χ0n) is 17.6. The first kappa shape index (κ1) is 22.4. The number of rotatable bonds is 8. The lowest BCUT2D eigenvalue weighted by Gasteiger charge is -2.43. The number of hydrogen-bond acceptors (Lipinski definition) is 5. The summed E-state index contributed by atoms with van der Waals surface area (Å²) in [5.41, 5.74) is 0.812. The number of hydrogen-bond donors (Lipinski definition) is 0. The Morgan fingerprint density at radius 3 is 2.10 bits per heavy atom. The number of ether oxygens (including phenoxy) is 1. The maximum atomic E-state index is 13.6. The molecule has 0 bridgehead atoms. The highest BCUT2D eigenvalue weighted by atomic mass is 32.2. The summed E-state index contributed by atoms with van der Waals surface area (Å²) in [6.07, 6.45) is 2.96. The molecule has 1 atom stereocenters. The van der Waals surface area contributed by atoms with Crippen LogP contribution in [0.5, 0.6) is 0 Å². The number of Topliss-reactive ketones (excluding diaryl/α,β-unsaturated/α-hetero) is 1. The molecule has 0 aromatic heterocycles. The molecule has 3 rings (SSSR count). The third kappa shape index (κ3) is 4.26. The van der Waals surface area contributed by atoms with E-state index in [0.29, 0.717) is 44.7 Å². The number of aryl methyl sites for hydroxylation is 1. The van der Waals surface area contributed by atoms with Crippen LogP contribution in [0.15, 0.2) is 71.0 Å². The molecule has 2 aromatic rings. The Labute approximate surface area is 179 Å². The maximum absolute atomic E-state index is 13.6. The van der Waals surface area contributed by atoms with Gasteiger partial charge in [0.2, 0.25) is 9.84 Å². The van der Waals surface area contributed by atoms with Crippen molar-refractivity contribution in [3.05, 3.63) is 72.3 Å². The van der Waals surface area contributed by atoms with Gasteiger partial charge in [-0.2, -0.15) is 0 Å². The molecule has 1 aliphatic heterocycles. The van der Waals surface area contributed by atoms with Gasteiger partial charge in [-0.15, -0.1) is 6.58 Å². The van der Waals surface area contributed by atoms with Gasteiger partial charge < -0.3 is 4.74 Å². The molecule has 30 heavy (non-hydrogen) atoms. The number of morpholine rings is 1. The summed E-state index contributed by atoms with van der Waals surface area (Å²) in [6.45, 7) is 10.3. The van der Waals surface area contributed by atoms with Crippen molar-refractivity contribution in [2.24, 2.45) is 0 Å². The monoisotopic (exact) mass is 427 g/mol. The van der Waals surface area contributed by atoms with Crippen LogP contribution in [0, 0.1) is 6.92 Å². The standard InChI is InChI=1S/C24H29NO4S/c1-4-14-24(5-2,25-15-17-29-18-16-25)23(26)20-8-12-22(13-9-20)30(27,28)21-10-6-19(3)7-11-21/h4,6-13H,1,5,14-18H2,2-3H3. The van der Waals surface area contributed by atoms with Crippen molar-refractivity contribution >= 4 is 15.6 Å². The van der Waals surface area contributed by atoms with Crippen LogP contribution in [0.25, 0.3) is 0 Å². The average Bonchev–Trinajstić information content (AvgIpc) is 2.78. The Morgan fingerprint density at radius 2 is 1.60 bits per heavy atom. The first-order valence-electron chi connectivity index (χ1n) is 10.3. The van der Waals surface area contributed by atoms with Gasteiger partial charge in [0.25, 0.3) is 0 Å². The summed E-state index contributed by atoms with van der Waals surface area (Å²) in [5.74, 6) is -0.00826. The number of ketones is 1. The minimum Gasteiger partial charge on any atom is -0.379 e. The third-order valence-electron chi connectivity index (χ3n) is 5.86. The van der Waals surface area contributed by atoms with E-state index in [1.54, 1.807) is 42.5 Å². The smallest absolute Gasteiger partial charge is 0.206 e. The molecule has 1 heterocycles. The van der Waals surface area contributed by atoms with Crippen molar-refractivity contribution in [3.63, 3.8) is 0 Å². The largest absolute Gasteiger partial charge is 0.379 e. The van der Waals surface area contributed by atoms with Crippen molar-refractivity contribution in [1.29, 1.82) is 0 Å². The minimum absolute atomic E-state index is 0.00826. The molecule has 2 aromatic carbocycles. The molecule has 0 aliphatic carbocycles. The molecular weight excluding hydrogens is 398 g/mol. The first-order chi connectivity index (χ1) is 14.3. The van der Waals surface area contributed by atoms with Crippen molar-refractivity contribution in [3.8, 4) is 0 Å². The molecule has 0 spiro atoms. The molecule has 1 aliphatic rings. The topological polar surface area (TPSA) is 63.7 Å². The molecule has 6 heteroatoms. The summed E-state index contributed by atoms with van der Waals surface area (Å²) >= 11 is 0. The van der Waals surface area contributed by atoms with Crippen molar-refractivity contribution < 1.29 is 17.9 Å². The van der Waals surface area contributed by atoms with Crippen LogP contribution in [0.2, 0.25) is 0 Å². The number of benzene rings is 2. The summed E-state index contributed by atoms with van der Waals surface area (Å²) in [4.78, 5) is 16.2. The average molecular weight is 428 g/mol. The summed E-state index contributed by atoms with van der Waals surface area (Å²) in [7, 11) is -3.62. The molecule has 0 saturated carbocycles. The van der Waals surface area contributed by atoms with E-state index < -0.39 is 15.4 Å². The van der Waals surface area contributed by atoms with Crippen LogP contribution in [0.4, 0.5) is 0 Å². The molecule has 0 radical (unpaired) electrons. The van der Waals surface area contributed by atoms with E-state index in [-0.39, 0.29) is 15.6 Å². The molecule has 1 fully saturated rings. The van der Waals surface area contributed by atoms with E-state index in [1.807, 2.05) is 13.8 Å². The van der Waals surface area contributed by atoms with Gasteiger partial charge in [0.1, 0.15) is 0 Å². The Bertz CT molecular complexity index is 991. The molecule has 5 nitrogen and oxygen atoms in total. The van der Waals surface area contributed by atoms with E-state index in [9.17, 15) is 13.2 Å². The van der Waals surface area contributed by atoms with E-state index in [4.69, 9.17) is 4.74 Å². The second-order valence-electron chi connectivity index (χ2n) is 7.65. The minimum atomic E-state index is -3.62. The van der Waals surface area contributed by atoms with Crippen molar-refractivity contribution in [2.75, 3.05) is 26.3 Å². The zero-order valence-corrected chi connectivity index (χ0v) is 18.5. The van der Waals surface area contributed by atoms with Crippen LogP contribution >= 0.6 is 0 Å². The fourth-order valence-electron chi connectivity index (χ4n) is 4.03. The lowest BCUT2D eigenvalue weighted by atomic mass is 9.81. The summed E-state index contributed by atoms with van der Waals surface area (Å²) < 4.78 is 31.3. The van der Waals surface area contributed by atoms with Gasteiger partial charge in [0.15, 0.2) is 5.78 Å². The van der Waals surface area contributed by atoms with Crippen LogP contribution < -0.4 is 0 Å². The first-order valence-corrected chi connectivity index (χ1v) is 11.7. The van der Waals surface area contributed by atoms with Gasteiger partial charge in [0, 0.05) is 18.7 Å². The Hall–Kier alpha value is -2.28. The van der Waals surface area contributed by atoms with Gasteiger partial charge >= 0.3 is 0 Å². The molecule has 160 valence electrons. The van der Waals surface area contributed by atoms with E-state index in [0.717, 1.165) is 5.56 Å². The molecule has 1 unspecified atom stereocenters. The van der Waals surface area contributed by atoms with Crippen molar-refractivity contribution in [2.45, 2.75) is 42.0 Å². The summed E-state index contributed by atoms with van der Waals surface area (Å²) in [5, 5.41) is 0. The predicted molar refractivity (Wildman–Crippen MR) is 118 cm³/mol. The highest BCUT2D eigenvalue weighted by Gasteiger charge is 2.42. The summed E-state index contributed by atoms with van der Waals surface area (Å²) in [6, 6.07) is 13.1. The lowest BCUT2D eigenvalue weighted by molar-refractivity contribution is -0.0154. The highest BCUT2D eigenvalue weighted by Crippen LogP contribution is 2.31.